The fourth-order valence-electron chi connectivity index (χ4n) is 2.62. The second kappa shape index (κ2) is 6.88. The first-order chi connectivity index (χ1) is 11.6. The molecule has 0 radical (unpaired) electrons. The maximum Gasteiger partial charge on any atom is 0.257 e. The van der Waals surface area contributed by atoms with Gasteiger partial charge < -0.3 is 9.64 Å². The first kappa shape index (κ1) is 16.3. The van der Waals surface area contributed by atoms with Crippen LogP contribution in [0, 0.1) is 0 Å². The van der Waals surface area contributed by atoms with E-state index in [1.54, 1.807) is 41.3 Å². The Balaban J connectivity index is 1.95. The molecule has 0 bridgehead atoms. The maximum absolute atomic E-state index is 12.9. The first-order valence-electron chi connectivity index (χ1n) is 7.53. The van der Waals surface area contributed by atoms with Crippen LogP contribution in [0.2, 0.25) is 0 Å². The molecule has 0 N–H and O–H groups in total. The number of ether oxygens (including phenoxy) is 1. The van der Waals surface area contributed by atoms with Gasteiger partial charge in [0.15, 0.2) is 0 Å². The zero-order valence-electron chi connectivity index (χ0n) is 13.9. The maximum atomic E-state index is 12.9. The Kier molecular flexibility index (Phi) is 4.66. The van der Waals surface area contributed by atoms with Gasteiger partial charge in [0.25, 0.3) is 5.91 Å². The zero-order chi connectivity index (χ0) is 17.1. The molecule has 1 aromatic carbocycles. The number of amides is 1. The summed E-state index contributed by atoms with van der Waals surface area (Å²) in [7, 11) is 5.24. The molecule has 0 unspecified atom stereocenters. The molecule has 5 nitrogen and oxygen atoms in total. The number of nitrogens with zero attached hydrogens (tertiary/aromatic N) is 3. The lowest BCUT2D eigenvalue weighted by Crippen LogP contribution is -2.26. The highest BCUT2D eigenvalue weighted by atomic mass is 32.1. The van der Waals surface area contributed by atoms with E-state index < -0.39 is 0 Å². The molecule has 0 spiro atoms. The highest BCUT2D eigenvalue weighted by Gasteiger charge is 2.22. The molecule has 0 saturated carbocycles. The summed E-state index contributed by atoms with van der Waals surface area (Å²) in [5.41, 5.74) is 3.14. The van der Waals surface area contributed by atoms with Crippen molar-refractivity contribution in [1.29, 1.82) is 0 Å². The van der Waals surface area contributed by atoms with Crippen molar-refractivity contribution < 1.29 is 9.53 Å². The predicted octanol–water partition coefficient (Wildman–Crippen LogP) is 3.43. The van der Waals surface area contributed by atoms with Gasteiger partial charge in [-0.15, -0.1) is 0 Å². The molecule has 2 heterocycles. The van der Waals surface area contributed by atoms with Crippen LogP contribution in [0.25, 0.3) is 11.3 Å². The van der Waals surface area contributed by atoms with Gasteiger partial charge in [-0.2, -0.15) is 16.4 Å². The molecule has 0 aliphatic rings. The van der Waals surface area contributed by atoms with Crippen LogP contribution in [0.3, 0.4) is 0 Å². The fraction of sp³-hybridized carbons (Fsp3) is 0.222. The highest BCUT2D eigenvalue weighted by molar-refractivity contribution is 7.07. The third kappa shape index (κ3) is 3.19. The van der Waals surface area contributed by atoms with E-state index in [1.807, 2.05) is 48.1 Å². The number of hydrogen-bond donors (Lipinski definition) is 0. The van der Waals surface area contributed by atoms with Gasteiger partial charge in [-0.05, 0) is 34.5 Å². The van der Waals surface area contributed by atoms with Gasteiger partial charge in [0, 0.05) is 32.4 Å². The SMILES string of the molecule is COc1ccccc1-c1nn(C)cc1C(=O)N(C)Cc1ccsc1. The summed E-state index contributed by atoms with van der Waals surface area (Å²) in [4.78, 5) is 14.6. The van der Waals surface area contributed by atoms with Crippen LogP contribution >= 0.6 is 11.3 Å². The van der Waals surface area contributed by atoms with Gasteiger partial charge in [-0.3, -0.25) is 9.48 Å². The zero-order valence-corrected chi connectivity index (χ0v) is 14.7. The molecule has 3 rings (SSSR count). The minimum atomic E-state index is -0.0600. The van der Waals surface area contributed by atoms with Gasteiger partial charge in [0.2, 0.25) is 0 Å². The van der Waals surface area contributed by atoms with Crippen LogP contribution in [0.5, 0.6) is 5.75 Å². The number of aryl methyl sites for hydroxylation is 1. The van der Waals surface area contributed by atoms with Crippen molar-refractivity contribution in [3.8, 4) is 17.0 Å². The van der Waals surface area contributed by atoms with Crippen LogP contribution in [0.1, 0.15) is 15.9 Å². The largest absolute Gasteiger partial charge is 0.496 e. The molecule has 3 aromatic rings. The van der Waals surface area contributed by atoms with Gasteiger partial charge in [0.1, 0.15) is 11.4 Å². The minimum Gasteiger partial charge on any atom is -0.496 e. The van der Waals surface area contributed by atoms with Crippen LogP contribution < -0.4 is 4.74 Å². The molecule has 0 saturated heterocycles. The Hall–Kier alpha value is -2.60. The number of rotatable bonds is 5. The summed E-state index contributed by atoms with van der Waals surface area (Å²) >= 11 is 1.63. The van der Waals surface area contributed by atoms with E-state index in [0.717, 1.165) is 11.1 Å². The summed E-state index contributed by atoms with van der Waals surface area (Å²) in [6.45, 7) is 0.572. The Bertz CT molecular complexity index is 840. The number of carbonyl (C=O) groups is 1. The second-order valence-corrected chi connectivity index (χ2v) is 6.34. The first-order valence-corrected chi connectivity index (χ1v) is 8.48. The van der Waals surface area contributed by atoms with Gasteiger partial charge in [-0.25, -0.2) is 0 Å². The fourth-order valence-corrected chi connectivity index (χ4v) is 3.28. The van der Waals surface area contributed by atoms with Crippen molar-refractivity contribution in [2.45, 2.75) is 6.54 Å². The number of thiophene rings is 1. The Labute approximate surface area is 145 Å². The Morgan fingerprint density at radius 2 is 2.12 bits per heavy atom. The number of aromatic nitrogens is 2. The van der Waals surface area contributed by atoms with Crippen LogP contribution in [0.4, 0.5) is 0 Å². The molecule has 124 valence electrons. The summed E-state index contributed by atoms with van der Waals surface area (Å²) in [6.07, 6.45) is 1.76. The third-order valence-corrected chi connectivity index (χ3v) is 4.50. The summed E-state index contributed by atoms with van der Waals surface area (Å²) < 4.78 is 7.08. The van der Waals surface area contributed by atoms with E-state index in [4.69, 9.17) is 4.74 Å². The lowest BCUT2D eigenvalue weighted by atomic mass is 10.1. The normalized spacial score (nSPS) is 10.6. The van der Waals surface area contributed by atoms with Crippen molar-refractivity contribution >= 4 is 17.2 Å². The van der Waals surface area contributed by atoms with Crippen molar-refractivity contribution in [2.24, 2.45) is 7.05 Å². The third-order valence-electron chi connectivity index (χ3n) is 3.77. The predicted molar refractivity (Wildman–Crippen MR) is 95.3 cm³/mol. The number of methoxy groups -OCH3 is 1. The number of hydrogen-bond acceptors (Lipinski definition) is 4. The molecule has 1 amide bonds. The molecule has 2 aromatic heterocycles. The molecule has 0 aliphatic heterocycles. The topological polar surface area (TPSA) is 47.4 Å². The molecule has 0 fully saturated rings. The molecule has 0 aliphatic carbocycles. The average Bonchev–Trinajstić information content (AvgIpc) is 3.23. The molecular formula is C18H19N3O2S. The van der Waals surface area contributed by atoms with Crippen molar-refractivity contribution in [3.05, 3.63) is 58.4 Å². The molecule has 6 heteroatoms. The lowest BCUT2D eigenvalue weighted by Gasteiger charge is -2.16. The second-order valence-electron chi connectivity index (χ2n) is 5.56. The summed E-state index contributed by atoms with van der Waals surface area (Å²) in [5, 5.41) is 8.54. The van der Waals surface area contributed by atoms with E-state index in [0.29, 0.717) is 23.6 Å². The smallest absolute Gasteiger partial charge is 0.257 e. The van der Waals surface area contributed by atoms with Crippen LogP contribution in [-0.2, 0) is 13.6 Å². The van der Waals surface area contributed by atoms with E-state index in [2.05, 4.69) is 5.10 Å². The van der Waals surface area contributed by atoms with Crippen molar-refractivity contribution in [3.63, 3.8) is 0 Å². The van der Waals surface area contributed by atoms with Crippen molar-refractivity contribution in [2.75, 3.05) is 14.2 Å². The number of carbonyl (C=O) groups excluding carboxylic acids is 1. The van der Waals surface area contributed by atoms with Gasteiger partial charge >= 0.3 is 0 Å². The van der Waals surface area contributed by atoms with Gasteiger partial charge in [0.05, 0.1) is 12.7 Å². The Morgan fingerprint density at radius 3 is 2.83 bits per heavy atom. The summed E-state index contributed by atoms with van der Waals surface area (Å²) in [6, 6.07) is 9.62. The quantitative estimate of drug-likeness (QED) is 0.714. The Morgan fingerprint density at radius 1 is 1.33 bits per heavy atom. The summed E-state index contributed by atoms with van der Waals surface area (Å²) in [5.74, 6) is 0.640. The van der Waals surface area contributed by atoms with E-state index in [1.165, 1.54) is 0 Å². The monoisotopic (exact) mass is 341 g/mol. The minimum absolute atomic E-state index is 0.0600. The van der Waals surface area contributed by atoms with Crippen LogP contribution in [-0.4, -0.2) is 34.7 Å². The van der Waals surface area contributed by atoms with E-state index >= 15 is 0 Å². The van der Waals surface area contributed by atoms with Crippen molar-refractivity contribution in [1.82, 2.24) is 14.7 Å². The average molecular weight is 341 g/mol. The molecule has 0 atom stereocenters. The van der Waals surface area contributed by atoms with Gasteiger partial charge in [-0.1, -0.05) is 12.1 Å². The number of benzene rings is 1. The van der Waals surface area contributed by atoms with Crippen LogP contribution in [0.15, 0.2) is 47.3 Å². The number of para-hydroxylation sites is 1. The molecular weight excluding hydrogens is 322 g/mol. The van der Waals surface area contributed by atoms with E-state index in [9.17, 15) is 4.79 Å². The van der Waals surface area contributed by atoms with E-state index in [-0.39, 0.29) is 5.91 Å². The lowest BCUT2D eigenvalue weighted by molar-refractivity contribution is 0.0786. The standard InChI is InChI=1S/C18H19N3O2S/c1-20(10-13-8-9-24-12-13)18(22)15-11-21(2)19-17(15)14-6-4-5-7-16(14)23-3/h4-9,11-12H,10H2,1-3H3. The highest BCUT2D eigenvalue weighted by Crippen LogP contribution is 2.31. The molecule has 24 heavy (non-hydrogen) atoms.